The van der Waals surface area contributed by atoms with Gasteiger partial charge in [-0.1, -0.05) is 37.5 Å². The molecule has 2 saturated carbocycles. The van der Waals surface area contributed by atoms with E-state index in [0.29, 0.717) is 12.1 Å². The summed E-state index contributed by atoms with van der Waals surface area (Å²) in [6.07, 6.45) is 9.51. The maximum absolute atomic E-state index is 6.46. The molecule has 2 fully saturated rings. The summed E-state index contributed by atoms with van der Waals surface area (Å²) in [6, 6.07) is 8.97. The van der Waals surface area contributed by atoms with Crippen molar-refractivity contribution in [2.45, 2.75) is 63.2 Å². The molecule has 0 bridgehead atoms. The molecular weight excluding hydrogens is 262 g/mol. The average Bonchev–Trinajstić information content (AvgIpc) is 3.37. The van der Waals surface area contributed by atoms with Gasteiger partial charge in [0, 0.05) is 18.2 Å². The minimum Gasteiger partial charge on any atom is -0.496 e. The van der Waals surface area contributed by atoms with Gasteiger partial charge in [-0.15, -0.1) is 0 Å². The fourth-order valence-corrected chi connectivity index (χ4v) is 3.16. The number of hydrogen-bond acceptors (Lipinski definition) is 3. The van der Waals surface area contributed by atoms with Crippen molar-refractivity contribution >= 4 is 0 Å². The zero-order valence-electron chi connectivity index (χ0n) is 13.0. The maximum atomic E-state index is 6.46. The second kappa shape index (κ2) is 7.28. The first-order valence-electron chi connectivity index (χ1n) is 8.38. The van der Waals surface area contributed by atoms with Crippen LogP contribution in [0.3, 0.4) is 0 Å². The van der Waals surface area contributed by atoms with Crippen LogP contribution in [-0.4, -0.2) is 25.8 Å². The van der Waals surface area contributed by atoms with Crippen molar-refractivity contribution in [1.82, 2.24) is 5.32 Å². The normalized spacial score (nSPS) is 21.2. The summed E-state index contributed by atoms with van der Waals surface area (Å²) in [4.78, 5) is 0. The van der Waals surface area contributed by atoms with Gasteiger partial charge in [0.25, 0.3) is 0 Å². The number of ether oxygens (including phenoxy) is 2. The van der Waals surface area contributed by atoms with Crippen LogP contribution in [-0.2, 0) is 4.74 Å². The predicted octanol–water partition coefficient (Wildman–Crippen LogP) is 3.84. The van der Waals surface area contributed by atoms with Gasteiger partial charge in [0.1, 0.15) is 5.75 Å². The molecule has 1 atom stereocenters. The zero-order valence-corrected chi connectivity index (χ0v) is 13.0. The Morgan fingerprint density at radius 1 is 1.10 bits per heavy atom. The molecule has 0 saturated heterocycles. The summed E-state index contributed by atoms with van der Waals surface area (Å²) < 4.78 is 12.0. The highest BCUT2D eigenvalue weighted by Gasteiger charge is 2.26. The van der Waals surface area contributed by atoms with Crippen LogP contribution in [0.25, 0.3) is 0 Å². The first-order valence-corrected chi connectivity index (χ1v) is 8.38. The topological polar surface area (TPSA) is 30.5 Å². The molecule has 0 spiro atoms. The average molecular weight is 289 g/mol. The molecule has 0 aromatic heterocycles. The first-order chi connectivity index (χ1) is 10.4. The van der Waals surface area contributed by atoms with Crippen LogP contribution in [0.2, 0.25) is 0 Å². The first kappa shape index (κ1) is 14.9. The Hall–Kier alpha value is -1.06. The lowest BCUT2D eigenvalue weighted by molar-refractivity contribution is -0.0316. The molecule has 21 heavy (non-hydrogen) atoms. The van der Waals surface area contributed by atoms with E-state index in [0.717, 1.165) is 12.3 Å². The SMILES string of the molecule is COc1ccccc1C(CNC1CC1)OC1CCCCC1. The van der Waals surface area contributed by atoms with Crippen molar-refractivity contribution in [2.24, 2.45) is 0 Å². The molecule has 1 N–H and O–H groups in total. The smallest absolute Gasteiger partial charge is 0.124 e. The third-order valence-electron chi connectivity index (χ3n) is 4.56. The van der Waals surface area contributed by atoms with Crippen molar-refractivity contribution < 1.29 is 9.47 Å². The number of nitrogens with one attached hydrogen (secondary N) is 1. The quantitative estimate of drug-likeness (QED) is 0.827. The van der Waals surface area contributed by atoms with Crippen LogP contribution in [0.1, 0.15) is 56.6 Å². The minimum absolute atomic E-state index is 0.102. The fraction of sp³-hybridized carbons (Fsp3) is 0.667. The number of methoxy groups -OCH3 is 1. The van der Waals surface area contributed by atoms with Crippen molar-refractivity contribution in [3.8, 4) is 5.75 Å². The molecule has 3 nitrogen and oxygen atoms in total. The lowest BCUT2D eigenvalue weighted by Crippen LogP contribution is -2.29. The summed E-state index contributed by atoms with van der Waals surface area (Å²) >= 11 is 0. The van der Waals surface area contributed by atoms with Gasteiger partial charge >= 0.3 is 0 Å². The van der Waals surface area contributed by atoms with Crippen molar-refractivity contribution in [2.75, 3.05) is 13.7 Å². The minimum atomic E-state index is 0.102. The summed E-state index contributed by atoms with van der Waals surface area (Å²) in [5, 5.41) is 3.62. The maximum Gasteiger partial charge on any atom is 0.124 e. The van der Waals surface area contributed by atoms with Gasteiger partial charge in [-0.3, -0.25) is 0 Å². The Bertz CT molecular complexity index is 439. The molecule has 2 aliphatic carbocycles. The van der Waals surface area contributed by atoms with E-state index < -0.39 is 0 Å². The van der Waals surface area contributed by atoms with Crippen molar-refractivity contribution in [3.05, 3.63) is 29.8 Å². The fourth-order valence-electron chi connectivity index (χ4n) is 3.16. The summed E-state index contributed by atoms with van der Waals surface area (Å²) in [6.45, 7) is 0.890. The van der Waals surface area contributed by atoms with Gasteiger partial charge < -0.3 is 14.8 Å². The van der Waals surface area contributed by atoms with E-state index in [9.17, 15) is 0 Å². The molecule has 1 unspecified atom stereocenters. The molecule has 0 amide bonds. The zero-order chi connectivity index (χ0) is 14.5. The third kappa shape index (κ3) is 4.21. The van der Waals surface area contributed by atoms with E-state index in [-0.39, 0.29) is 6.10 Å². The summed E-state index contributed by atoms with van der Waals surface area (Å²) in [5.74, 6) is 0.941. The molecule has 0 aliphatic heterocycles. The van der Waals surface area contributed by atoms with E-state index in [1.165, 1.54) is 50.5 Å². The van der Waals surface area contributed by atoms with Crippen LogP contribution in [0.5, 0.6) is 5.75 Å². The monoisotopic (exact) mass is 289 g/mol. The molecular formula is C18H27NO2. The van der Waals surface area contributed by atoms with Gasteiger partial charge in [0.05, 0.1) is 19.3 Å². The lowest BCUT2D eigenvalue weighted by atomic mass is 9.97. The van der Waals surface area contributed by atoms with Crippen LogP contribution in [0, 0.1) is 0 Å². The van der Waals surface area contributed by atoms with E-state index in [1.54, 1.807) is 7.11 Å². The second-order valence-corrected chi connectivity index (χ2v) is 6.31. The van der Waals surface area contributed by atoms with Crippen LogP contribution >= 0.6 is 0 Å². The van der Waals surface area contributed by atoms with Crippen LogP contribution < -0.4 is 10.1 Å². The number of rotatable bonds is 7. The molecule has 2 aliphatic rings. The Labute approximate surface area is 128 Å². The Morgan fingerprint density at radius 2 is 1.86 bits per heavy atom. The molecule has 1 aromatic carbocycles. The lowest BCUT2D eigenvalue weighted by Gasteiger charge is -2.29. The summed E-state index contributed by atoms with van der Waals surface area (Å²) in [7, 11) is 1.74. The van der Waals surface area contributed by atoms with Crippen LogP contribution in [0.15, 0.2) is 24.3 Å². The van der Waals surface area contributed by atoms with E-state index >= 15 is 0 Å². The summed E-state index contributed by atoms with van der Waals surface area (Å²) in [5.41, 5.74) is 1.18. The molecule has 116 valence electrons. The van der Waals surface area contributed by atoms with Gasteiger partial charge in [-0.2, -0.15) is 0 Å². The number of hydrogen-bond donors (Lipinski definition) is 1. The van der Waals surface area contributed by atoms with E-state index in [1.807, 2.05) is 12.1 Å². The number of para-hydroxylation sites is 1. The number of benzene rings is 1. The van der Waals surface area contributed by atoms with Crippen LogP contribution in [0.4, 0.5) is 0 Å². The third-order valence-corrected chi connectivity index (χ3v) is 4.56. The highest BCUT2D eigenvalue weighted by molar-refractivity contribution is 5.35. The second-order valence-electron chi connectivity index (χ2n) is 6.31. The van der Waals surface area contributed by atoms with Gasteiger partial charge in [0.2, 0.25) is 0 Å². The van der Waals surface area contributed by atoms with E-state index in [4.69, 9.17) is 9.47 Å². The molecule has 3 rings (SSSR count). The molecule has 1 aromatic rings. The Balaban J connectivity index is 1.69. The Kier molecular flexibility index (Phi) is 5.15. The van der Waals surface area contributed by atoms with Gasteiger partial charge in [-0.25, -0.2) is 0 Å². The molecule has 3 heteroatoms. The van der Waals surface area contributed by atoms with Crippen molar-refractivity contribution in [1.29, 1.82) is 0 Å². The molecule has 0 heterocycles. The standard InChI is InChI=1S/C18H27NO2/c1-20-17-10-6-5-9-16(17)18(13-19-14-11-12-14)21-15-7-3-2-4-8-15/h5-6,9-10,14-15,18-19H,2-4,7-8,11-13H2,1H3. The highest BCUT2D eigenvalue weighted by atomic mass is 16.5. The predicted molar refractivity (Wildman–Crippen MR) is 84.7 cm³/mol. The van der Waals surface area contributed by atoms with Gasteiger partial charge in [-0.05, 0) is 31.7 Å². The van der Waals surface area contributed by atoms with E-state index in [2.05, 4.69) is 17.4 Å². The largest absolute Gasteiger partial charge is 0.496 e. The molecule has 0 radical (unpaired) electrons. The highest BCUT2D eigenvalue weighted by Crippen LogP contribution is 2.32. The van der Waals surface area contributed by atoms with Gasteiger partial charge in [0.15, 0.2) is 0 Å². The Morgan fingerprint density at radius 3 is 2.57 bits per heavy atom. The van der Waals surface area contributed by atoms with Crippen molar-refractivity contribution in [3.63, 3.8) is 0 Å².